The van der Waals surface area contributed by atoms with E-state index in [1.165, 1.54) is 0 Å². The maximum absolute atomic E-state index is 9.82. The first-order valence-electron chi connectivity index (χ1n) is 5.36. The fourth-order valence-electron chi connectivity index (χ4n) is 1.52. The summed E-state index contributed by atoms with van der Waals surface area (Å²) in [4.78, 5) is 0. The summed E-state index contributed by atoms with van der Waals surface area (Å²) in [6, 6.07) is 3.70. The highest BCUT2D eigenvalue weighted by molar-refractivity contribution is 6.30. The summed E-state index contributed by atoms with van der Waals surface area (Å²) in [5.74, 6) is 0.285. The van der Waals surface area contributed by atoms with E-state index in [-0.39, 0.29) is 18.4 Å². The van der Waals surface area contributed by atoms with E-state index in [1.807, 2.05) is 13.8 Å². The van der Waals surface area contributed by atoms with Crippen molar-refractivity contribution in [3.63, 3.8) is 0 Å². The predicted octanol–water partition coefficient (Wildman–Crippen LogP) is 2.21. The number of benzene rings is 1. The molecule has 0 amide bonds. The van der Waals surface area contributed by atoms with Crippen molar-refractivity contribution in [2.45, 2.75) is 32.9 Å². The van der Waals surface area contributed by atoms with E-state index >= 15 is 0 Å². The van der Waals surface area contributed by atoms with Gasteiger partial charge in [0.2, 0.25) is 0 Å². The average molecular weight is 244 g/mol. The Morgan fingerprint density at radius 3 is 2.75 bits per heavy atom. The van der Waals surface area contributed by atoms with Crippen LogP contribution in [0.25, 0.3) is 0 Å². The summed E-state index contributed by atoms with van der Waals surface area (Å²) in [6.45, 7) is 4.52. The molecule has 0 saturated carbocycles. The van der Waals surface area contributed by atoms with Crippen LogP contribution in [0, 0.1) is 6.92 Å². The third-order valence-electron chi connectivity index (χ3n) is 2.55. The van der Waals surface area contributed by atoms with Gasteiger partial charge in [-0.05, 0) is 38.0 Å². The zero-order chi connectivity index (χ0) is 12.1. The normalized spacial score (nSPS) is 12.8. The monoisotopic (exact) mass is 243 g/mol. The molecule has 1 atom stereocenters. The van der Waals surface area contributed by atoms with Crippen LogP contribution in [0.15, 0.2) is 12.1 Å². The highest BCUT2D eigenvalue weighted by atomic mass is 35.5. The molecular formula is C12H18ClNO2. The lowest BCUT2D eigenvalue weighted by molar-refractivity contribution is 0.268. The number of aliphatic hydroxyl groups is 1. The molecule has 0 fully saturated rings. The van der Waals surface area contributed by atoms with E-state index in [0.717, 1.165) is 11.1 Å². The highest BCUT2D eigenvalue weighted by Gasteiger charge is 2.07. The summed E-state index contributed by atoms with van der Waals surface area (Å²) < 4.78 is 0. The van der Waals surface area contributed by atoms with Crippen LogP contribution >= 0.6 is 11.6 Å². The van der Waals surface area contributed by atoms with E-state index in [2.05, 4.69) is 5.32 Å². The molecular weight excluding hydrogens is 226 g/mol. The smallest absolute Gasteiger partial charge is 0.123 e. The minimum absolute atomic E-state index is 0.161. The van der Waals surface area contributed by atoms with Gasteiger partial charge in [0.15, 0.2) is 0 Å². The molecule has 16 heavy (non-hydrogen) atoms. The quantitative estimate of drug-likeness (QED) is 0.743. The van der Waals surface area contributed by atoms with Crippen LogP contribution in [0.4, 0.5) is 0 Å². The Hall–Kier alpha value is -0.770. The first-order chi connectivity index (χ1) is 7.54. The molecule has 0 radical (unpaired) electrons. The number of aromatic hydroxyl groups is 1. The molecule has 0 aliphatic carbocycles. The standard InChI is InChI=1S/C12H18ClNO2/c1-8-5-11(13)6-10(12(8)16)7-14-9(2)3-4-15/h5-6,9,14-16H,3-4,7H2,1-2H3/t9-/m1/s1. The summed E-state index contributed by atoms with van der Waals surface area (Å²) >= 11 is 5.92. The molecule has 0 bridgehead atoms. The van der Waals surface area contributed by atoms with E-state index < -0.39 is 0 Å². The van der Waals surface area contributed by atoms with Crippen LogP contribution < -0.4 is 5.32 Å². The van der Waals surface area contributed by atoms with E-state index in [1.54, 1.807) is 12.1 Å². The van der Waals surface area contributed by atoms with Crippen LogP contribution in [-0.4, -0.2) is 22.9 Å². The molecule has 1 aromatic carbocycles. The van der Waals surface area contributed by atoms with Crippen LogP contribution in [0.2, 0.25) is 5.02 Å². The van der Waals surface area contributed by atoms with E-state index in [0.29, 0.717) is 18.0 Å². The molecule has 3 N–H and O–H groups in total. The molecule has 0 aromatic heterocycles. The van der Waals surface area contributed by atoms with Gasteiger partial charge in [0.05, 0.1) is 0 Å². The van der Waals surface area contributed by atoms with Gasteiger partial charge in [-0.3, -0.25) is 0 Å². The Bertz CT molecular complexity index is 355. The minimum Gasteiger partial charge on any atom is -0.507 e. The van der Waals surface area contributed by atoms with Crippen molar-refractivity contribution in [2.75, 3.05) is 6.61 Å². The number of hydrogen-bond donors (Lipinski definition) is 3. The Balaban J connectivity index is 2.66. The second kappa shape index (κ2) is 6.09. The molecule has 0 spiro atoms. The number of phenolic OH excluding ortho intramolecular Hbond substituents is 1. The summed E-state index contributed by atoms with van der Waals surface area (Å²) in [5, 5.41) is 22.4. The van der Waals surface area contributed by atoms with Crippen LogP contribution in [0.5, 0.6) is 5.75 Å². The number of aliphatic hydroxyl groups excluding tert-OH is 1. The second-order valence-corrected chi connectivity index (χ2v) is 4.46. The van der Waals surface area contributed by atoms with E-state index in [9.17, 15) is 5.11 Å². The molecule has 0 saturated heterocycles. The summed E-state index contributed by atoms with van der Waals surface area (Å²) in [7, 11) is 0. The Kier molecular flexibility index (Phi) is 5.06. The van der Waals surface area contributed by atoms with Crippen LogP contribution in [0.3, 0.4) is 0 Å². The molecule has 4 heteroatoms. The van der Waals surface area contributed by atoms with Gasteiger partial charge in [0.1, 0.15) is 5.75 Å². The molecule has 0 unspecified atom stereocenters. The first-order valence-corrected chi connectivity index (χ1v) is 5.74. The van der Waals surface area contributed by atoms with Gasteiger partial charge < -0.3 is 15.5 Å². The lowest BCUT2D eigenvalue weighted by atomic mass is 10.1. The number of aryl methyl sites for hydroxylation is 1. The average Bonchev–Trinajstić information content (AvgIpc) is 2.21. The third kappa shape index (κ3) is 3.67. The molecule has 90 valence electrons. The van der Waals surface area contributed by atoms with Crippen molar-refractivity contribution >= 4 is 11.6 Å². The van der Waals surface area contributed by atoms with Gasteiger partial charge in [-0.1, -0.05) is 11.6 Å². The van der Waals surface area contributed by atoms with Gasteiger partial charge in [-0.2, -0.15) is 0 Å². The van der Waals surface area contributed by atoms with Crippen LogP contribution in [-0.2, 0) is 6.54 Å². The van der Waals surface area contributed by atoms with Gasteiger partial charge >= 0.3 is 0 Å². The van der Waals surface area contributed by atoms with Crippen molar-refractivity contribution < 1.29 is 10.2 Å². The largest absolute Gasteiger partial charge is 0.507 e. The second-order valence-electron chi connectivity index (χ2n) is 4.02. The van der Waals surface area contributed by atoms with E-state index in [4.69, 9.17) is 16.7 Å². The van der Waals surface area contributed by atoms with Crippen LogP contribution in [0.1, 0.15) is 24.5 Å². The summed E-state index contributed by atoms with van der Waals surface area (Å²) in [6.07, 6.45) is 0.695. The highest BCUT2D eigenvalue weighted by Crippen LogP contribution is 2.26. The zero-order valence-electron chi connectivity index (χ0n) is 9.63. The number of rotatable bonds is 5. The SMILES string of the molecule is Cc1cc(Cl)cc(CN[C@H](C)CCO)c1O. The molecule has 1 rings (SSSR count). The number of phenols is 1. The van der Waals surface area contributed by atoms with Crippen molar-refractivity contribution in [2.24, 2.45) is 0 Å². The maximum atomic E-state index is 9.82. The molecule has 0 heterocycles. The lowest BCUT2D eigenvalue weighted by Gasteiger charge is -2.14. The van der Waals surface area contributed by atoms with Crippen molar-refractivity contribution in [3.8, 4) is 5.75 Å². The number of halogens is 1. The molecule has 1 aromatic rings. The maximum Gasteiger partial charge on any atom is 0.123 e. The Morgan fingerprint density at radius 2 is 2.12 bits per heavy atom. The van der Waals surface area contributed by atoms with Gasteiger partial charge in [0.25, 0.3) is 0 Å². The Morgan fingerprint density at radius 1 is 1.44 bits per heavy atom. The molecule has 3 nitrogen and oxygen atoms in total. The summed E-state index contributed by atoms with van der Waals surface area (Å²) in [5.41, 5.74) is 1.56. The zero-order valence-corrected chi connectivity index (χ0v) is 10.4. The minimum atomic E-state index is 0.161. The predicted molar refractivity (Wildman–Crippen MR) is 65.9 cm³/mol. The lowest BCUT2D eigenvalue weighted by Crippen LogP contribution is -2.26. The van der Waals surface area contributed by atoms with Gasteiger partial charge in [0, 0.05) is 29.8 Å². The van der Waals surface area contributed by atoms with Crippen molar-refractivity contribution in [1.82, 2.24) is 5.32 Å². The Labute approximate surface area is 101 Å². The van der Waals surface area contributed by atoms with Crippen molar-refractivity contribution in [1.29, 1.82) is 0 Å². The first kappa shape index (κ1) is 13.3. The van der Waals surface area contributed by atoms with Crippen molar-refractivity contribution in [3.05, 3.63) is 28.3 Å². The number of hydrogen-bond acceptors (Lipinski definition) is 3. The topological polar surface area (TPSA) is 52.5 Å². The molecule has 0 aliphatic rings. The number of nitrogens with one attached hydrogen (secondary N) is 1. The third-order valence-corrected chi connectivity index (χ3v) is 2.77. The fraction of sp³-hybridized carbons (Fsp3) is 0.500. The molecule has 0 aliphatic heterocycles. The fourth-order valence-corrected chi connectivity index (χ4v) is 1.81. The van der Waals surface area contributed by atoms with Gasteiger partial charge in [-0.15, -0.1) is 0 Å². The van der Waals surface area contributed by atoms with Gasteiger partial charge in [-0.25, -0.2) is 0 Å².